The van der Waals surface area contributed by atoms with Gasteiger partial charge < -0.3 is 0 Å². The van der Waals surface area contributed by atoms with Crippen molar-refractivity contribution < 1.29 is 0 Å². The molecule has 3 nitrogen and oxygen atoms in total. The normalized spacial score (nSPS) is 24.1. The standard InChI is InChI=1S/C9H15N3/c1-7-4-9-6-11(3)8(2)5-12(9)10-7/h4,8H,5-6H2,1-3H3/t8-/m1/s1. The molecule has 0 aromatic carbocycles. The third-order valence-corrected chi connectivity index (χ3v) is 2.59. The second-order valence-corrected chi connectivity index (χ2v) is 3.72. The van der Waals surface area contributed by atoms with Crippen LogP contribution in [0.5, 0.6) is 0 Å². The minimum absolute atomic E-state index is 0.608. The molecule has 0 fully saturated rings. The Morgan fingerprint density at radius 3 is 3.08 bits per heavy atom. The van der Waals surface area contributed by atoms with E-state index in [0.717, 1.165) is 18.8 Å². The van der Waals surface area contributed by atoms with Gasteiger partial charge in [0.15, 0.2) is 0 Å². The highest BCUT2D eigenvalue weighted by molar-refractivity contribution is 5.10. The third-order valence-electron chi connectivity index (χ3n) is 2.59. The summed E-state index contributed by atoms with van der Waals surface area (Å²) in [4.78, 5) is 2.36. The summed E-state index contributed by atoms with van der Waals surface area (Å²) in [5, 5.41) is 4.43. The van der Waals surface area contributed by atoms with Crippen molar-refractivity contribution in [1.29, 1.82) is 0 Å². The zero-order chi connectivity index (χ0) is 8.72. The topological polar surface area (TPSA) is 21.1 Å². The second-order valence-electron chi connectivity index (χ2n) is 3.72. The number of aromatic nitrogens is 2. The van der Waals surface area contributed by atoms with Crippen LogP contribution in [0.1, 0.15) is 18.3 Å². The fourth-order valence-corrected chi connectivity index (χ4v) is 1.69. The number of fused-ring (bicyclic) bond motifs is 1. The maximum Gasteiger partial charge on any atom is 0.0597 e. The van der Waals surface area contributed by atoms with Crippen molar-refractivity contribution >= 4 is 0 Å². The molecule has 1 aliphatic heterocycles. The Labute approximate surface area is 73.0 Å². The van der Waals surface area contributed by atoms with E-state index in [4.69, 9.17) is 0 Å². The van der Waals surface area contributed by atoms with Gasteiger partial charge in [-0.1, -0.05) is 0 Å². The van der Waals surface area contributed by atoms with Crippen molar-refractivity contribution in [3.8, 4) is 0 Å². The van der Waals surface area contributed by atoms with Gasteiger partial charge >= 0.3 is 0 Å². The Bertz CT molecular complexity index is 262. The first-order valence-electron chi connectivity index (χ1n) is 4.40. The maximum absolute atomic E-state index is 4.43. The number of nitrogens with zero attached hydrogens (tertiary/aromatic N) is 3. The molecule has 12 heavy (non-hydrogen) atoms. The zero-order valence-corrected chi connectivity index (χ0v) is 7.91. The first kappa shape index (κ1) is 7.80. The summed E-state index contributed by atoms with van der Waals surface area (Å²) < 4.78 is 2.12. The highest BCUT2D eigenvalue weighted by Gasteiger charge is 2.20. The minimum atomic E-state index is 0.608. The quantitative estimate of drug-likeness (QED) is 0.572. The summed E-state index contributed by atoms with van der Waals surface area (Å²) in [7, 11) is 2.16. The summed E-state index contributed by atoms with van der Waals surface area (Å²) in [6.07, 6.45) is 0. The van der Waals surface area contributed by atoms with E-state index in [0.29, 0.717) is 6.04 Å². The van der Waals surface area contributed by atoms with E-state index in [2.05, 4.69) is 41.6 Å². The summed E-state index contributed by atoms with van der Waals surface area (Å²) in [6.45, 7) is 6.34. The minimum Gasteiger partial charge on any atom is -0.296 e. The van der Waals surface area contributed by atoms with Gasteiger partial charge in [-0.05, 0) is 27.0 Å². The number of hydrogen-bond acceptors (Lipinski definition) is 2. The number of aryl methyl sites for hydroxylation is 1. The molecule has 0 radical (unpaired) electrons. The number of hydrogen-bond donors (Lipinski definition) is 0. The molecule has 0 unspecified atom stereocenters. The van der Waals surface area contributed by atoms with Gasteiger partial charge in [0, 0.05) is 12.6 Å². The van der Waals surface area contributed by atoms with Crippen LogP contribution in [-0.2, 0) is 13.1 Å². The number of rotatable bonds is 0. The Hall–Kier alpha value is -0.830. The molecule has 66 valence electrons. The highest BCUT2D eigenvalue weighted by atomic mass is 15.3. The lowest BCUT2D eigenvalue weighted by Gasteiger charge is -2.30. The summed E-state index contributed by atoms with van der Waals surface area (Å²) in [6, 6.07) is 2.78. The van der Waals surface area contributed by atoms with Gasteiger partial charge in [-0.3, -0.25) is 9.58 Å². The summed E-state index contributed by atoms with van der Waals surface area (Å²) in [5.41, 5.74) is 2.47. The van der Waals surface area contributed by atoms with Gasteiger partial charge in [-0.25, -0.2) is 0 Å². The Morgan fingerprint density at radius 1 is 1.58 bits per heavy atom. The van der Waals surface area contributed by atoms with E-state index >= 15 is 0 Å². The largest absolute Gasteiger partial charge is 0.296 e. The molecule has 2 rings (SSSR count). The van der Waals surface area contributed by atoms with Crippen molar-refractivity contribution in [3.05, 3.63) is 17.5 Å². The van der Waals surface area contributed by atoms with Gasteiger partial charge in [-0.15, -0.1) is 0 Å². The van der Waals surface area contributed by atoms with Crippen molar-refractivity contribution in [2.24, 2.45) is 0 Å². The molecule has 0 saturated heterocycles. The van der Waals surface area contributed by atoms with E-state index in [9.17, 15) is 0 Å². The van der Waals surface area contributed by atoms with Crippen molar-refractivity contribution in [1.82, 2.24) is 14.7 Å². The molecule has 1 aromatic rings. The van der Waals surface area contributed by atoms with Crippen LogP contribution in [0, 0.1) is 6.92 Å². The average Bonchev–Trinajstić information content (AvgIpc) is 2.30. The lowest BCUT2D eigenvalue weighted by Crippen LogP contribution is -2.38. The molecule has 1 atom stereocenters. The molecule has 0 N–H and O–H groups in total. The second kappa shape index (κ2) is 2.59. The van der Waals surface area contributed by atoms with Crippen LogP contribution in [0.25, 0.3) is 0 Å². The van der Waals surface area contributed by atoms with Crippen molar-refractivity contribution in [2.45, 2.75) is 33.0 Å². The first-order valence-corrected chi connectivity index (χ1v) is 4.40. The van der Waals surface area contributed by atoms with Crippen molar-refractivity contribution in [3.63, 3.8) is 0 Å². The van der Waals surface area contributed by atoms with Gasteiger partial charge in [-0.2, -0.15) is 5.10 Å². The van der Waals surface area contributed by atoms with Crippen LogP contribution >= 0.6 is 0 Å². The summed E-state index contributed by atoms with van der Waals surface area (Å²) >= 11 is 0. The molecule has 0 spiro atoms. The monoisotopic (exact) mass is 165 g/mol. The third kappa shape index (κ3) is 1.14. The van der Waals surface area contributed by atoms with E-state index in [-0.39, 0.29) is 0 Å². The van der Waals surface area contributed by atoms with Gasteiger partial charge in [0.25, 0.3) is 0 Å². The fourth-order valence-electron chi connectivity index (χ4n) is 1.69. The lowest BCUT2D eigenvalue weighted by molar-refractivity contribution is 0.183. The van der Waals surface area contributed by atoms with Gasteiger partial charge in [0.05, 0.1) is 17.9 Å². The van der Waals surface area contributed by atoms with Gasteiger partial charge in [0.2, 0.25) is 0 Å². The van der Waals surface area contributed by atoms with Crippen LogP contribution in [0.2, 0.25) is 0 Å². The Balaban J connectivity index is 2.33. The molecule has 0 aliphatic carbocycles. The SMILES string of the molecule is Cc1cc2n(n1)C[C@@H](C)N(C)C2. The molecular formula is C9H15N3. The molecule has 0 amide bonds. The lowest BCUT2D eigenvalue weighted by atomic mass is 10.2. The van der Waals surface area contributed by atoms with E-state index in [1.807, 2.05) is 0 Å². The maximum atomic E-state index is 4.43. The van der Waals surface area contributed by atoms with E-state index in [1.54, 1.807) is 0 Å². The number of likely N-dealkylation sites (N-methyl/N-ethyl adjacent to an activating group) is 1. The Kier molecular flexibility index (Phi) is 1.68. The van der Waals surface area contributed by atoms with Crippen molar-refractivity contribution in [2.75, 3.05) is 7.05 Å². The van der Waals surface area contributed by atoms with Crippen LogP contribution in [0.4, 0.5) is 0 Å². The molecule has 3 heteroatoms. The molecule has 1 aliphatic rings. The molecular weight excluding hydrogens is 150 g/mol. The Morgan fingerprint density at radius 2 is 2.33 bits per heavy atom. The smallest absolute Gasteiger partial charge is 0.0597 e. The van der Waals surface area contributed by atoms with Crippen LogP contribution < -0.4 is 0 Å². The first-order chi connectivity index (χ1) is 5.66. The molecule has 0 saturated carbocycles. The predicted octanol–water partition coefficient (Wildman–Crippen LogP) is 1.03. The van der Waals surface area contributed by atoms with Gasteiger partial charge in [0.1, 0.15) is 0 Å². The van der Waals surface area contributed by atoms with Crippen LogP contribution in [0.3, 0.4) is 0 Å². The molecule has 2 heterocycles. The molecule has 1 aromatic heterocycles. The zero-order valence-electron chi connectivity index (χ0n) is 7.91. The fraction of sp³-hybridized carbons (Fsp3) is 0.667. The van der Waals surface area contributed by atoms with E-state index in [1.165, 1.54) is 5.69 Å². The average molecular weight is 165 g/mol. The highest BCUT2D eigenvalue weighted by Crippen LogP contribution is 2.15. The predicted molar refractivity (Wildman–Crippen MR) is 47.9 cm³/mol. The van der Waals surface area contributed by atoms with Crippen LogP contribution in [0.15, 0.2) is 6.07 Å². The summed E-state index contributed by atoms with van der Waals surface area (Å²) in [5.74, 6) is 0. The van der Waals surface area contributed by atoms with E-state index < -0.39 is 0 Å². The molecule has 0 bridgehead atoms. The van der Waals surface area contributed by atoms with Crippen LogP contribution in [-0.4, -0.2) is 27.8 Å².